The number of thiocarbonyl (C=S) groups is 1. The van der Waals surface area contributed by atoms with Crippen LogP contribution in [0.3, 0.4) is 0 Å². The van der Waals surface area contributed by atoms with E-state index in [0.717, 1.165) is 6.07 Å². The molecule has 0 aliphatic carbocycles. The molecule has 6 heteroatoms. The molecule has 1 aromatic carbocycles. The molecule has 1 aromatic rings. The summed E-state index contributed by atoms with van der Waals surface area (Å²) in [7, 11) is 1.42. The number of benzene rings is 1. The maximum Gasteiger partial charge on any atom is 0.418 e. The molecule has 15 heavy (non-hydrogen) atoms. The molecule has 0 fully saturated rings. The fraction of sp³-hybridized carbons (Fsp3) is 0.222. The van der Waals surface area contributed by atoms with Crippen LogP contribution in [0.5, 0.6) is 0 Å². The average Bonchev–Trinajstić information content (AvgIpc) is 2.17. The molecule has 0 aromatic heterocycles. The van der Waals surface area contributed by atoms with Gasteiger partial charge in [-0.15, -0.1) is 0 Å². The van der Waals surface area contributed by atoms with Gasteiger partial charge in [-0.2, -0.15) is 18.2 Å². The summed E-state index contributed by atoms with van der Waals surface area (Å²) in [5, 5.41) is 4.48. The number of hydrogen-bond donors (Lipinski definition) is 1. The molecule has 0 atom stereocenters. The molecule has 0 amide bonds. The van der Waals surface area contributed by atoms with Crippen molar-refractivity contribution < 1.29 is 13.2 Å². The van der Waals surface area contributed by atoms with Crippen LogP contribution in [0.1, 0.15) is 5.56 Å². The van der Waals surface area contributed by atoms with Crippen molar-refractivity contribution in [3.8, 4) is 0 Å². The van der Waals surface area contributed by atoms with E-state index >= 15 is 0 Å². The first kappa shape index (κ1) is 11.7. The SMILES string of the molecule is CNc1ccc(N=C=S)cc1C(F)(F)F. The lowest BCUT2D eigenvalue weighted by molar-refractivity contribution is -0.136. The van der Waals surface area contributed by atoms with Crippen molar-refractivity contribution in [1.82, 2.24) is 0 Å². The largest absolute Gasteiger partial charge is 0.418 e. The summed E-state index contributed by atoms with van der Waals surface area (Å²) in [5.41, 5.74) is -0.626. The fourth-order valence-electron chi connectivity index (χ4n) is 1.11. The van der Waals surface area contributed by atoms with Gasteiger partial charge in [0.2, 0.25) is 0 Å². The molecule has 80 valence electrons. The van der Waals surface area contributed by atoms with Crippen LogP contribution in [0.4, 0.5) is 24.5 Å². The van der Waals surface area contributed by atoms with Gasteiger partial charge in [-0.3, -0.25) is 0 Å². The molecular weight excluding hydrogens is 225 g/mol. The number of nitrogens with zero attached hydrogens (tertiary/aromatic N) is 1. The molecule has 1 rings (SSSR count). The second-order valence-electron chi connectivity index (χ2n) is 2.68. The van der Waals surface area contributed by atoms with Gasteiger partial charge < -0.3 is 5.32 Å². The van der Waals surface area contributed by atoms with Gasteiger partial charge >= 0.3 is 6.18 Å². The third kappa shape index (κ3) is 2.78. The number of anilines is 1. The zero-order chi connectivity index (χ0) is 11.5. The number of halogens is 3. The second-order valence-corrected chi connectivity index (χ2v) is 2.86. The normalized spacial score (nSPS) is 10.7. The molecule has 0 saturated heterocycles. The van der Waals surface area contributed by atoms with Gasteiger partial charge in [-0.1, -0.05) is 0 Å². The third-order valence-corrected chi connectivity index (χ3v) is 1.84. The van der Waals surface area contributed by atoms with Crippen LogP contribution in [-0.4, -0.2) is 12.2 Å². The summed E-state index contributed by atoms with van der Waals surface area (Å²) in [6.45, 7) is 0. The van der Waals surface area contributed by atoms with Crippen molar-refractivity contribution in [3.63, 3.8) is 0 Å². The Morgan fingerprint density at radius 1 is 1.40 bits per heavy atom. The van der Waals surface area contributed by atoms with Gasteiger partial charge in [0, 0.05) is 12.7 Å². The number of rotatable bonds is 2. The Morgan fingerprint density at radius 2 is 2.07 bits per heavy atom. The second kappa shape index (κ2) is 4.42. The highest BCUT2D eigenvalue weighted by molar-refractivity contribution is 7.78. The number of alkyl halides is 3. The predicted molar refractivity (Wildman–Crippen MR) is 55.7 cm³/mol. The van der Waals surface area contributed by atoms with E-state index in [4.69, 9.17) is 0 Å². The van der Waals surface area contributed by atoms with Crippen LogP contribution in [0, 0.1) is 0 Å². The van der Waals surface area contributed by atoms with Crippen LogP contribution in [0.25, 0.3) is 0 Å². The van der Waals surface area contributed by atoms with E-state index in [-0.39, 0.29) is 11.4 Å². The molecule has 0 aliphatic heterocycles. The molecule has 0 radical (unpaired) electrons. The monoisotopic (exact) mass is 232 g/mol. The molecule has 2 nitrogen and oxygen atoms in total. The Bertz CT molecular complexity index is 408. The zero-order valence-electron chi connectivity index (χ0n) is 7.72. The van der Waals surface area contributed by atoms with E-state index in [2.05, 4.69) is 22.5 Å². The Balaban J connectivity index is 3.31. The third-order valence-electron chi connectivity index (χ3n) is 1.75. The first-order chi connectivity index (χ1) is 6.99. The Morgan fingerprint density at radius 3 is 2.53 bits per heavy atom. The summed E-state index contributed by atoms with van der Waals surface area (Å²) in [4.78, 5) is 3.49. The molecule has 1 N–H and O–H groups in total. The summed E-state index contributed by atoms with van der Waals surface area (Å²) in [6, 6.07) is 3.65. The average molecular weight is 232 g/mol. The molecule has 0 heterocycles. The topological polar surface area (TPSA) is 24.4 Å². The van der Waals surface area contributed by atoms with E-state index in [9.17, 15) is 13.2 Å². The number of hydrogen-bond acceptors (Lipinski definition) is 3. The first-order valence-corrected chi connectivity index (χ1v) is 4.36. The predicted octanol–water partition coefficient (Wildman–Crippen LogP) is 3.48. The van der Waals surface area contributed by atoms with Crippen LogP contribution in [0.2, 0.25) is 0 Å². The highest BCUT2D eigenvalue weighted by Crippen LogP contribution is 2.36. The van der Waals surface area contributed by atoms with E-state index in [1.165, 1.54) is 19.2 Å². The lowest BCUT2D eigenvalue weighted by Gasteiger charge is -2.12. The van der Waals surface area contributed by atoms with E-state index in [1.54, 1.807) is 0 Å². The summed E-state index contributed by atoms with van der Waals surface area (Å²) in [5.74, 6) is 0. The van der Waals surface area contributed by atoms with Gasteiger partial charge in [-0.05, 0) is 30.4 Å². The van der Waals surface area contributed by atoms with E-state index in [0.29, 0.717) is 0 Å². The molecule has 0 spiro atoms. The number of isothiocyanates is 1. The number of aliphatic imine (C=N–C) groups is 1. The fourth-order valence-corrected chi connectivity index (χ4v) is 1.21. The van der Waals surface area contributed by atoms with Crippen molar-refractivity contribution in [1.29, 1.82) is 0 Å². The van der Waals surface area contributed by atoms with Gasteiger partial charge in [-0.25, -0.2) is 0 Å². The van der Waals surface area contributed by atoms with E-state index in [1.807, 2.05) is 5.16 Å². The van der Waals surface area contributed by atoms with Gasteiger partial charge in [0.1, 0.15) is 0 Å². The van der Waals surface area contributed by atoms with Crippen LogP contribution >= 0.6 is 12.2 Å². The minimum atomic E-state index is -4.41. The molecule has 0 aliphatic rings. The molecule has 0 unspecified atom stereocenters. The van der Waals surface area contributed by atoms with Crippen LogP contribution in [-0.2, 0) is 6.18 Å². The lowest BCUT2D eigenvalue weighted by atomic mass is 10.1. The van der Waals surface area contributed by atoms with Crippen molar-refractivity contribution in [2.45, 2.75) is 6.18 Å². The Hall–Kier alpha value is -1.39. The number of nitrogens with one attached hydrogen (secondary N) is 1. The summed E-state index contributed by atoms with van der Waals surface area (Å²) in [6.07, 6.45) is -4.41. The van der Waals surface area contributed by atoms with Crippen LogP contribution in [0.15, 0.2) is 23.2 Å². The lowest BCUT2D eigenvalue weighted by Crippen LogP contribution is -2.08. The summed E-state index contributed by atoms with van der Waals surface area (Å²) >= 11 is 4.32. The zero-order valence-corrected chi connectivity index (χ0v) is 8.54. The maximum atomic E-state index is 12.5. The minimum Gasteiger partial charge on any atom is -0.388 e. The van der Waals surface area contributed by atoms with Gasteiger partial charge in [0.15, 0.2) is 0 Å². The molecule has 0 bridgehead atoms. The highest BCUT2D eigenvalue weighted by Gasteiger charge is 2.33. The van der Waals surface area contributed by atoms with Gasteiger partial charge in [0.25, 0.3) is 0 Å². The van der Waals surface area contributed by atoms with Crippen molar-refractivity contribution in [3.05, 3.63) is 23.8 Å². The molecule has 0 saturated carbocycles. The van der Waals surface area contributed by atoms with E-state index < -0.39 is 11.7 Å². The van der Waals surface area contributed by atoms with Crippen molar-refractivity contribution in [2.75, 3.05) is 12.4 Å². The van der Waals surface area contributed by atoms with Gasteiger partial charge in [0.05, 0.1) is 16.4 Å². The Labute approximate surface area is 89.8 Å². The molecular formula is C9H7F3N2S. The smallest absolute Gasteiger partial charge is 0.388 e. The van der Waals surface area contributed by atoms with Crippen LogP contribution < -0.4 is 5.32 Å². The standard InChI is InChI=1S/C9H7F3N2S/c1-13-8-3-2-6(14-5-15)4-7(8)9(10,11)12/h2-4,13H,1H3. The quantitative estimate of drug-likeness (QED) is 0.623. The maximum absolute atomic E-state index is 12.5. The van der Waals surface area contributed by atoms with Crippen molar-refractivity contribution in [2.24, 2.45) is 4.99 Å². The highest BCUT2D eigenvalue weighted by atomic mass is 32.1. The first-order valence-electron chi connectivity index (χ1n) is 3.96. The van der Waals surface area contributed by atoms with Crippen molar-refractivity contribution >= 4 is 28.8 Å². The Kier molecular flexibility index (Phi) is 3.44. The minimum absolute atomic E-state index is 0.00539. The summed E-state index contributed by atoms with van der Waals surface area (Å²) < 4.78 is 37.6.